The van der Waals surface area contributed by atoms with Crippen molar-refractivity contribution in [3.8, 4) is 0 Å². The van der Waals surface area contributed by atoms with E-state index in [2.05, 4.69) is 5.32 Å². The van der Waals surface area contributed by atoms with E-state index in [-0.39, 0.29) is 11.3 Å². The normalized spacial score (nSPS) is 11.0. The van der Waals surface area contributed by atoms with Crippen LogP contribution in [0.1, 0.15) is 5.56 Å². The summed E-state index contributed by atoms with van der Waals surface area (Å²) in [5.74, 6) is -0.347. The van der Waals surface area contributed by atoms with Gasteiger partial charge < -0.3 is 9.73 Å². The molecule has 3 aromatic rings. The summed E-state index contributed by atoms with van der Waals surface area (Å²) in [5, 5.41) is 3.75. The molecule has 0 radical (unpaired) electrons. The quantitative estimate of drug-likeness (QED) is 0.737. The number of carbonyl (C=O) groups excluding carboxylic acids is 1. The molecular weight excluding hydrogens is 314 g/mol. The lowest BCUT2D eigenvalue weighted by Gasteiger charge is -2.01. The Morgan fingerprint density at radius 2 is 1.83 bits per heavy atom. The van der Waals surface area contributed by atoms with Gasteiger partial charge in [-0.15, -0.1) is 0 Å². The van der Waals surface area contributed by atoms with Gasteiger partial charge in [0, 0.05) is 16.8 Å². The van der Waals surface area contributed by atoms with E-state index < -0.39 is 0 Å². The first-order chi connectivity index (χ1) is 11.1. The lowest BCUT2D eigenvalue weighted by atomic mass is 10.1. The molecule has 4 nitrogen and oxygen atoms in total. The summed E-state index contributed by atoms with van der Waals surface area (Å²) in [6, 6.07) is 13.7. The zero-order chi connectivity index (χ0) is 16.2. The molecule has 0 unspecified atom stereocenters. The van der Waals surface area contributed by atoms with Gasteiger partial charge in [0.05, 0.1) is 10.9 Å². The summed E-state index contributed by atoms with van der Waals surface area (Å²) in [6.45, 7) is 0. The molecule has 0 bridgehead atoms. The van der Waals surface area contributed by atoms with E-state index in [1.165, 1.54) is 18.4 Å². The summed E-state index contributed by atoms with van der Waals surface area (Å²) >= 11 is 5.78. The van der Waals surface area contributed by atoms with Gasteiger partial charge in [-0.05, 0) is 42.5 Å². The van der Waals surface area contributed by atoms with Crippen LogP contribution in [-0.4, -0.2) is 5.91 Å². The first kappa shape index (κ1) is 15.1. The summed E-state index contributed by atoms with van der Waals surface area (Å²) in [4.78, 5) is 24.2. The highest BCUT2D eigenvalue weighted by atomic mass is 35.5. The van der Waals surface area contributed by atoms with E-state index in [4.69, 9.17) is 16.0 Å². The third kappa shape index (κ3) is 3.49. The highest BCUT2D eigenvalue weighted by Crippen LogP contribution is 2.14. The van der Waals surface area contributed by atoms with E-state index in [1.54, 1.807) is 48.5 Å². The zero-order valence-electron chi connectivity index (χ0n) is 12.0. The van der Waals surface area contributed by atoms with Gasteiger partial charge in [0.25, 0.3) is 0 Å². The molecule has 0 fully saturated rings. The van der Waals surface area contributed by atoms with Crippen LogP contribution in [-0.2, 0) is 4.79 Å². The molecule has 23 heavy (non-hydrogen) atoms. The molecule has 5 heteroatoms. The molecule has 0 aliphatic rings. The molecule has 1 amide bonds. The molecule has 2 aromatic carbocycles. The lowest BCUT2D eigenvalue weighted by molar-refractivity contribution is -0.111. The van der Waals surface area contributed by atoms with Crippen molar-refractivity contribution in [1.29, 1.82) is 0 Å². The van der Waals surface area contributed by atoms with Crippen LogP contribution in [0.15, 0.2) is 70.1 Å². The minimum atomic E-state index is -0.347. The van der Waals surface area contributed by atoms with Crippen LogP contribution in [0.25, 0.3) is 17.0 Å². The Balaban J connectivity index is 1.79. The van der Waals surface area contributed by atoms with Gasteiger partial charge in [0.15, 0.2) is 5.43 Å². The van der Waals surface area contributed by atoms with Crippen LogP contribution in [0, 0.1) is 0 Å². The monoisotopic (exact) mass is 325 g/mol. The SMILES string of the molecule is O=C(/C=C/c1coc2ccccc2c1=O)Nc1ccc(Cl)cc1. The van der Waals surface area contributed by atoms with Crippen molar-refractivity contribution in [2.45, 2.75) is 0 Å². The standard InChI is InChI=1S/C18H12ClNO3/c19-13-6-8-14(9-7-13)20-17(21)10-5-12-11-23-16-4-2-1-3-15(16)18(12)22/h1-11H,(H,20,21)/b10-5+. The van der Waals surface area contributed by atoms with Crippen molar-refractivity contribution in [3.63, 3.8) is 0 Å². The molecule has 0 aliphatic carbocycles. The topological polar surface area (TPSA) is 59.3 Å². The van der Waals surface area contributed by atoms with Crippen molar-refractivity contribution < 1.29 is 9.21 Å². The Morgan fingerprint density at radius 3 is 2.61 bits per heavy atom. The fourth-order valence-corrected chi connectivity index (χ4v) is 2.22. The Kier molecular flexibility index (Phi) is 4.26. The van der Waals surface area contributed by atoms with Crippen LogP contribution in [0.5, 0.6) is 0 Å². The van der Waals surface area contributed by atoms with E-state index >= 15 is 0 Å². The second kappa shape index (κ2) is 6.50. The van der Waals surface area contributed by atoms with Crippen LogP contribution in [0.2, 0.25) is 5.02 Å². The molecule has 3 rings (SSSR count). The first-order valence-corrected chi connectivity index (χ1v) is 7.26. The van der Waals surface area contributed by atoms with Gasteiger partial charge in [0.2, 0.25) is 5.91 Å². The molecule has 1 N–H and O–H groups in total. The average molecular weight is 326 g/mol. The van der Waals surface area contributed by atoms with E-state index in [0.717, 1.165) is 0 Å². The fraction of sp³-hybridized carbons (Fsp3) is 0. The minimum Gasteiger partial charge on any atom is -0.463 e. The van der Waals surface area contributed by atoms with E-state index in [9.17, 15) is 9.59 Å². The summed E-state index contributed by atoms with van der Waals surface area (Å²) in [7, 11) is 0. The number of hydrogen-bond donors (Lipinski definition) is 1. The van der Waals surface area contributed by atoms with E-state index in [0.29, 0.717) is 27.2 Å². The molecular formula is C18H12ClNO3. The predicted molar refractivity (Wildman–Crippen MR) is 91.6 cm³/mol. The number of anilines is 1. The molecule has 0 aliphatic heterocycles. The third-order valence-electron chi connectivity index (χ3n) is 3.23. The zero-order valence-corrected chi connectivity index (χ0v) is 12.7. The maximum absolute atomic E-state index is 12.3. The first-order valence-electron chi connectivity index (χ1n) is 6.89. The predicted octanol–water partition coefficient (Wildman–Crippen LogP) is 4.10. The second-order valence-corrected chi connectivity index (χ2v) is 5.28. The van der Waals surface area contributed by atoms with Gasteiger partial charge in [-0.2, -0.15) is 0 Å². The third-order valence-corrected chi connectivity index (χ3v) is 3.48. The van der Waals surface area contributed by atoms with E-state index in [1.807, 2.05) is 0 Å². The van der Waals surface area contributed by atoms with Gasteiger partial charge in [0.1, 0.15) is 11.8 Å². The Morgan fingerprint density at radius 1 is 1.09 bits per heavy atom. The van der Waals surface area contributed by atoms with Gasteiger partial charge >= 0.3 is 0 Å². The second-order valence-electron chi connectivity index (χ2n) is 4.85. The number of para-hydroxylation sites is 1. The van der Waals surface area contributed by atoms with Crippen molar-refractivity contribution >= 4 is 40.2 Å². The smallest absolute Gasteiger partial charge is 0.248 e. The Hall–Kier alpha value is -2.85. The summed E-state index contributed by atoms with van der Waals surface area (Å²) in [6.07, 6.45) is 4.07. The minimum absolute atomic E-state index is 0.178. The highest BCUT2D eigenvalue weighted by molar-refractivity contribution is 6.30. The number of amides is 1. The number of benzene rings is 2. The molecule has 0 atom stereocenters. The number of halogens is 1. The van der Waals surface area contributed by atoms with Crippen molar-refractivity contribution in [2.75, 3.05) is 5.32 Å². The number of nitrogens with one attached hydrogen (secondary N) is 1. The average Bonchev–Trinajstić information content (AvgIpc) is 2.57. The molecule has 0 saturated carbocycles. The Bertz CT molecular complexity index is 942. The summed E-state index contributed by atoms with van der Waals surface area (Å²) < 4.78 is 5.39. The van der Waals surface area contributed by atoms with Crippen molar-refractivity contribution in [3.05, 3.63) is 81.7 Å². The van der Waals surface area contributed by atoms with Gasteiger partial charge in [-0.3, -0.25) is 9.59 Å². The lowest BCUT2D eigenvalue weighted by Crippen LogP contribution is -2.09. The number of fused-ring (bicyclic) bond motifs is 1. The van der Waals surface area contributed by atoms with Crippen LogP contribution >= 0.6 is 11.6 Å². The Labute approximate surface area is 137 Å². The maximum Gasteiger partial charge on any atom is 0.248 e. The number of rotatable bonds is 3. The number of hydrogen-bond acceptors (Lipinski definition) is 3. The molecule has 1 aromatic heterocycles. The molecule has 0 spiro atoms. The fourth-order valence-electron chi connectivity index (χ4n) is 2.09. The van der Waals surface area contributed by atoms with Gasteiger partial charge in [-0.1, -0.05) is 23.7 Å². The van der Waals surface area contributed by atoms with Crippen molar-refractivity contribution in [1.82, 2.24) is 0 Å². The van der Waals surface area contributed by atoms with Gasteiger partial charge in [-0.25, -0.2) is 0 Å². The van der Waals surface area contributed by atoms with Crippen LogP contribution in [0.4, 0.5) is 5.69 Å². The largest absolute Gasteiger partial charge is 0.463 e. The molecule has 1 heterocycles. The maximum atomic E-state index is 12.3. The van der Waals surface area contributed by atoms with Crippen LogP contribution < -0.4 is 10.7 Å². The molecule has 114 valence electrons. The highest BCUT2D eigenvalue weighted by Gasteiger charge is 2.04. The summed E-state index contributed by atoms with van der Waals surface area (Å²) in [5.41, 5.74) is 1.27. The van der Waals surface area contributed by atoms with Crippen LogP contribution in [0.3, 0.4) is 0 Å². The molecule has 0 saturated heterocycles. The number of carbonyl (C=O) groups is 1. The van der Waals surface area contributed by atoms with Crippen molar-refractivity contribution in [2.24, 2.45) is 0 Å².